The van der Waals surface area contributed by atoms with Gasteiger partial charge in [0.25, 0.3) is 0 Å². The molecule has 104 valence electrons. The maximum absolute atomic E-state index is 2.40. The third-order valence-electron chi connectivity index (χ3n) is 3.82. The first-order chi connectivity index (χ1) is 9.00. The predicted molar refractivity (Wildman–Crippen MR) is 82.9 cm³/mol. The summed E-state index contributed by atoms with van der Waals surface area (Å²) >= 11 is 0. The van der Waals surface area contributed by atoms with Crippen LogP contribution in [0.5, 0.6) is 0 Å². The van der Waals surface area contributed by atoms with E-state index in [4.69, 9.17) is 0 Å². The Kier molecular flexibility index (Phi) is 11.2. The molecule has 0 nitrogen and oxygen atoms in total. The summed E-state index contributed by atoms with van der Waals surface area (Å²) in [6.07, 6.45) is 29.0. The van der Waals surface area contributed by atoms with Gasteiger partial charge in [0.05, 0.1) is 0 Å². The molecule has 18 heavy (non-hydrogen) atoms. The van der Waals surface area contributed by atoms with Gasteiger partial charge in [-0.1, -0.05) is 69.2 Å². The molecule has 0 saturated carbocycles. The molecule has 0 aromatic carbocycles. The van der Waals surface area contributed by atoms with Crippen LogP contribution in [0.25, 0.3) is 0 Å². The maximum Gasteiger partial charge on any atom is -0.0348 e. The van der Waals surface area contributed by atoms with Crippen LogP contribution >= 0.6 is 0 Å². The summed E-state index contributed by atoms with van der Waals surface area (Å²) in [6, 6.07) is 0. The van der Waals surface area contributed by atoms with E-state index in [1.807, 2.05) is 0 Å². The van der Waals surface area contributed by atoms with Gasteiger partial charge in [-0.2, -0.15) is 0 Å². The summed E-state index contributed by atoms with van der Waals surface area (Å²) in [7, 11) is 0. The topological polar surface area (TPSA) is 0 Å². The molecule has 1 rings (SSSR count). The Morgan fingerprint density at radius 2 is 0.556 bits per heavy atom. The molecule has 0 heterocycles. The van der Waals surface area contributed by atoms with Crippen molar-refractivity contribution in [3.05, 3.63) is 24.3 Å². The van der Waals surface area contributed by atoms with E-state index < -0.39 is 0 Å². The third-order valence-corrected chi connectivity index (χ3v) is 3.82. The van der Waals surface area contributed by atoms with E-state index in [2.05, 4.69) is 24.3 Å². The van der Waals surface area contributed by atoms with E-state index in [9.17, 15) is 0 Å². The summed E-state index contributed by atoms with van der Waals surface area (Å²) < 4.78 is 0. The third kappa shape index (κ3) is 10.6. The molecule has 0 fully saturated rings. The zero-order chi connectivity index (χ0) is 12.7. The molecular weight excluding hydrogens is 216 g/mol. The second kappa shape index (κ2) is 12.9. The summed E-state index contributed by atoms with van der Waals surface area (Å²) in [5.74, 6) is 0. The molecule has 0 aromatic rings. The van der Waals surface area contributed by atoms with E-state index in [0.717, 1.165) is 0 Å². The van der Waals surface area contributed by atoms with Gasteiger partial charge in [0.15, 0.2) is 0 Å². The largest absolute Gasteiger partial charge is 0.0885 e. The predicted octanol–water partition coefficient (Wildman–Crippen LogP) is 6.57. The molecule has 0 aliphatic heterocycles. The van der Waals surface area contributed by atoms with Crippen LogP contribution in [0.3, 0.4) is 0 Å². The van der Waals surface area contributed by atoms with Gasteiger partial charge < -0.3 is 0 Å². The van der Waals surface area contributed by atoms with Gasteiger partial charge in [-0.05, 0) is 44.9 Å². The van der Waals surface area contributed by atoms with Gasteiger partial charge in [0, 0.05) is 0 Å². The first-order valence-electron chi connectivity index (χ1n) is 8.30. The van der Waals surface area contributed by atoms with Crippen LogP contribution in [0, 0.1) is 0 Å². The van der Waals surface area contributed by atoms with Gasteiger partial charge in [-0.3, -0.25) is 0 Å². The van der Waals surface area contributed by atoms with Gasteiger partial charge in [0.2, 0.25) is 0 Å². The van der Waals surface area contributed by atoms with Crippen LogP contribution in [0.4, 0.5) is 0 Å². The molecule has 0 bridgehead atoms. The maximum atomic E-state index is 2.40. The molecule has 1 aliphatic carbocycles. The Morgan fingerprint density at radius 3 is 0.944 bits per heavy atom. The highest BCUT2D eigenvalue weighted by molar-refractivity contribution is 4.85. The molecule has 0 radical (unpaired) electrons. The number of hydrogen-bond donors (Lipinski definition) is 0. The van der Waals surface area contributed by atoms with Crippen molar-refractivity contribution < 1.29 is 0 Å². The highest BCUT2D eigenvalue weighted by Gasteiger charge is 1.92. The lowest BCUT2D eigenvalue weighted by Gasteiger charge is -2.02. The number of rotatable bonds is 0. The van der Waals surface area contributed by atoms with E-state index in [1.165, 1.54) is 89.9 Å². The Hall–Kier alpha value is -0.520. The Bertz CT molecular complexity index is 190. The lowest BCUT2D eigenvalue weighted by atomic mass is 10.0. The van der Waals surface area contributed by atoms with Crippen LogP contribution in [0.15, 0.2) is 24.3 Å². The summed E-state index contributed by atoms with van der Waals surface area (Å²) in [6.45, 7) is 0. The second-order valence-corrected chi connectivity index (χ2v) is 5.63. The average molecular weight is 248 g/mol. The zero-order valence-corrected chi connectivity index (χ0v) is 12.2. The van der Waals surface area contributed by atoms with Crippen LogP contribution in [-0.2, 0) is 0 Å². The Morgan fingerprint density at radius 1 is 0.278 bits per heavy atom. The lowest BCUT2D eigenvalue weighted by Crippen LogP contribution is -1.82. The van der Waals surface area contributed by atoms with E-state index >= 15 is 0 Å². The van der Waals surface area contributed by atoms with Crippen molar-refractivity contribution in [1.29, 1.82) is 0 Å². The zero-order valence-electron chi connectivity index (χ0n) is 12.2. The van der Waals surface area contributed by atoms with Crippen LogP contribution in [-0.4, -0.2) is 0 Å². The summed E-state index contributed by atoms with van der Waals surface area (Å²) in [5, 5.41) is 0. The molecular formula is C18H32. The Labute approximate surface area is 115 Å². The van der Waals surface area contributed by atoms with Crippen molar-refractivity contribution in [1.82, 2.24) is 0 Å². The highest BCUT2D eigenvalue weighted by atomic mass is 14.0. The van der Waals surface area contributed by atoms with Crippen molar-refractivity contribution in [2.75, 3.05) is 0 Å². The SMILES string of the molecule is C1=C\CCCCCCCCCCC/C=C\CCC/1. The quantitative estimate of drug-likeness (QED) is 0.425. The second-order valence-electron chi connectivity index (χ2n) is 5.63. The first kappa shape index (κ1) is 15.5. The van der Waals surface area contributed by atoms with E-state index in [-0.39, 0.29) is 0 Å². The van der Waals surface area contributed by atoms with Gasteiger partial charge >= 0.3 is 0 Å². The lowest BCUT2D eigenvalue weighted by molar-refractivity contribution is 0.561. The van der Waals surface area contributed by atoms with Crippen LogP contribution in [0.1, 0.15) is 89.9 Å². The molecule has 0 atom stereocenters. The van der Waals surface area contributed by atoms with Crippen LogP contribution < -0.4 is 0 Å². The molecule has 0 aromatic heterocycles. The van der Waals surface area contributed by atoms with Crippen molar-refractivity contribution in [3.8, 4) is 0 Å². The molecule has 0 heteroatoms. The molecule has 0 amide bonds. The van der Waals surface area contributed by atoms with Crippen molar-refractivity contribution >= 4 is 0 Å². The first-order valence-corrected chi connectivity index (χ1v) is 8.30. The van der Waals surface area contributed by atoms with Crippen molar-refractivity contribution in [2.45, 2.75) is 89.9 Å². The highest BCUT2D eigenvalue weighted by Crippen LogP contribution is 2.12. The average Bonchev–Trinajstić information content (AvgIpc) is 2.39. The summed E-state index contributed by atoms with van der Waals surface area (Å²) in [5.41, 5.74) is 0. The van der Waals surface area contributed by atoms with E-state index in [1.54, 1.807) is 0 Å². The fourth-order valence-electron chi connectivity index (χ4n) is 2.59. The number of allylic oxidation sites excluding steroid dienone is 4. The van der Waals surface area contributed by atoms with Gasteiger partial charge in [-0.15, -0.1) is 0 Å². The summed E-state index contributed by atoms with van der Waals surface area (Å²) in [4.78, 5) is 0. The minimum atomic E-state index is 1.27. The number of hydrogen-bond acceptors (Lipinski definition) is 0. The minimum Gasteiger partial charge on any atom is -0.0885 e. The molecule has 1 aliphatic rings. The fourth-order valence-corrected chi connectivity index (χ4v) is 2.59. The molecule has 0 spiro atoms. The normalized spacial score (nSPS) is 25.8. The smallest absolute Gasteiger partial charge is 0.0348 e. The van der Waals surface area contributed by atoms with E-state index in [0.29, 0.717) is 0 Å². The van der Waals surface area contributed by atoms with Gasteiger partial charge in [0.1, 0.15) is 0 Å². The molecule has 0 unspecified atom stereocenters. The van der Waals surface area contributed by atoms with Gasteiger partial charge in [-0.25, -0.2) is 0 Å². The monoisotopic (exact) mass is 248 g/mol. The van der Waals surface area contributed by atoms with Crippen molar-refractivity contribution in [2.24, 2.45) is 0 Å². The van der Waals surface area contributed by atoms with Crippen molar-refractivity contribution in [3.63, 3.8) is 0 Å². The fraction of sp³-hybridized carbons (Fsp3) is 0.778. The van der Waals surface area contributed by atoms with Crippen LogP contribution in [0.2, 0.25) is 0 Å². The molecule has 0 N–H and O–H groups in total. The minimum absolute atomic E-state index is 1.27. The standard InChI is InChI=1S/C18H32/c1-2-4-6-8-10-12-14-16-18-17-15-13-11-9-7-5-3-1/h1-2,9,11H,3-8,10,12-18H2/b2-1-,11-9-. The molecule has 0 saturated heterocycles. The Balaban J connectivity index is 2.12.